The Bertz CT molecular complexity index is 545. The zero-order chi connectivity index (χ0) is 16.8. The van der Waals surface area contributed by atoms with E-state index in [0.29, 0.717) is 0 Å². The van der Waals surface area contributed by atoms with Crippen LogP contribution in [0, 0.1) is 0 Å². The Balaban J connectivity index is 2.12. The molecule has 120 valence electrons. The van der Waals surface area contributed by atoms with Gasteiger partial charge in [0.1, 0.15) is 5.60 Å². The van der Waals surface area contributed by atoms with Crippen LogP contribution in [-0.4, -0.2) is 30.0 Å². The van der Waals surface area contributed by atoms with Gasteiger partial charge in [-0.2, -0.15) is 4.79 Å². The van der Waals surface area contributed by atoms with Crippen LogP contribution in [0.2, 0.25) is 0 Å². The molecule has 0 N–H and O–H groups in total. The molecule has 0 aliphatic carbocycles. The predicted molar refractivity (Wildman–Crippen MR) is 84.0 cm³/mol. The minimum absolute atomic E-state index is 0.380. The lowest BCUT2D eigenvalue weighted by molar-refractivity contribution is -0.588. The van der Waals surface area contributed by atoms with Crippen molar-refractivity contribution in [2.75, 3.05) is 0 Å². The van der Waals surface area contributed by atoms with Crippen molar-refractivity contribution in [3.8, 4) is 0 Å². The normalized spacial score (nSPS) is 20.0. The highest BCUT2D eigenvalue weighted by atomic mass is 16.7. The van der Waals surface area contributed by atoms with E-state index >= 15 is 0 Å². The van der Waals surface area contributed by atoms with Crippen molar-refractivity contribution in [2.45, 2.75) is 65.3 Å². The molecule has 1 saturated heterocycles. The van der Waals surface area contributed by atoms with Gasteiger partial charge in [0, 0.05) is 12.1 Å². The number of carbonyl (C=O) groups is 1. The second-order valence-electron chi connectivity index (χ2n) is 7.61. The summed E-state index contributed by atoms with van der Waals surface area (Å²) in [5.41, 5.74) is -0.406. The van der Waals surface area contributed by atoms with E-state index in [-0.39, 0.29) is 11.2 Å². The van der Waals surface area contributed by atoms with Gasteiger partial charge in [0.15, 0.2) is 12.4 Å². The van der Waals surface area contributed by atoms with Gasteiger partial charge in [-0.15, -0.1) is 0 Å². The molecular formula is C16H25BNO4+. The standard InChI is InChI=1S/C16H25BNO4/c1-14(2,3)20-13(19)18-10-8-12(9-11-18)17-21-15(4,5)16(6,7)22-17/h8-11H,1-7H3/q+1. The Morgan fingerprint density at radius 2 is 1.55 bits per heavy atom. The van der Waals surface area contributed by atoms with Crippen LogP contribution >= 0.6 is 0 Å². The van der Waals surface area contributed by atoms with E-state index in [0.717, 1.165) is 5.46 Å². The van der Waals surface area contributed by atoms with Gasteiger partial charge in [-0.05, 0) is 53.9 Å². The molecule has 0 atom stereocenters. The molecule has 1 aromatic rings. The van der Waals surface area contributed by atoms with E-state index in [1.165, 1.54) is 4.57 Å². The number of ether oxygens (including phenoxy) is 1. The summed E-state index contributed by atoms with van der Waals surface area (Å²) >= 11 is 0. The number of pyridine rings is 1. The molecule has 1 aliphatic rings. The zero-order valence-corrected chi connectivity index (χ0v) is 14.5. The van der Waals surface area contributed by atoms with Gasteiger partial charge in [-0.3, -0.25) is 0 Å². The second kappa shape index (κ2) is 5.35. The van der Waals surface area contributed by atoms with Gasteiger partial charge >= 0.3 is 13.2 Å². The van der Waals surface area contributed by atoms with Crippen molar-refractivity contribution < 1.29 is 23.4 Å². The number of hydrogen-bond donors (Lipinski definition) is 0. The molecular weight excluding hydrogens is 281 g/mol. The summed E-state index contributed by atoms with van der Waals surface area (Å²) in [5.74, 6) is 0. The summed E-state index contributed by atoms with van der Waals surface area (Å²) in [6, 6.07) is 3.62. The van der Waals surface area contributed by atoms with Gasteiger partial charge in [0.2, 0.25) is 0 Å². The second-order valence-corrected chi connectivity index (χ2v) is 7.61. The third-order valence-corrected chi connectivity index (χ3v) is 3.98. The highest BCUT2D eigenvalue weighted by molar-refractivity contribution is 6.62. The van der Waals surface area contributed by atoms with E-state index in [2.05, 4.69) is 0 Å². The smallest absolute Gasteiger partial charge is 0.406 e. The summed E-state index contributed by atoms with van der Waals surface area (Å²) in [7, 11) is -0.432. The van der Waals surface area contributed by atoms with Crippen LogP contribution < -0.4 is 10.0 Å². The molecule has 2 heterocycles. The molecule has 0 spiro atoms. The lowest BCUT2D eigenvalue weighted by atomic mass is 9.80. The average Bonchev–Trinajstić information content (AvgIpc) is 2.56. The number of carbonyl (C=O) groups excluding carboxylic acids is 1. The van der Waals surface area contributed by atoms with Gasteiger partial charge in [0.05, 0.1) is 11.2 Å². The Hall–Kier alpha value is -1.40. The maximum absolute atomic E-state index is 12.0. The van der Waals surface area contributed by atoms with Crippen LogP contribution in [0.25, 0.3) is 0 Å². The molecule has 0 bridgehead atoms. The SMILES string of the molecule is CC(C)(C)OC(=O)[n+]1ccc(B2OC(C)(C)C(C)(C)O2)cc1. The minimum Gasteiger partial charge on any atom is -0.406 e. The largest absolute Gasteiger partial charge is 0.602 e. The molecule has 1 aromatic heterocycles. The van der Waals surface area contributed by atoms with Gasteiger partial charge in [-0.1, -0.05) is 4.57 Å². The molecule has 22 heavy (non-hydrogen) atoms. The Morgan fingerprint density at radius 3 is 1.95 bits per heavy atom. The van der Waals surface area contributed by atoms with Gasteiger partial charge < -0.3 is 14.0 Å². The molecule has 5 nitrogen and oxygen atoms in total. The molecule has 1 aliphatic heterocycles. The van der Waals surface area contributed by atoms with Crippen molar-refractivity contribution in [3.63, 3.8) is 0 Å². The fourth-order valence-electron chi connectivity index (χ4n) is 2.01. The first-order valence-corrected chi connectivity index (χ1v) is 7.51. The van der Waals surface area contributed by atoms with Gasteiger partial charge in [-0.25, -0.2) is 0 Å². The van der Waals surface area contributed by atoms with E-state index in [1.54, 1.807) is 12.4 Å². The number of nitrogens with zero attached hydrogens (tertiary/aromatic N) is 1. The number of rotatable bonds is 1. The maximum atomic E-state index is 12.0. The molecule has 0 saturated carbocycles. The molecule has 1 fully saturated rings. The zero-order valence-electron chi connectivity index (χ0n) is 14.5. The lowest BCUT2D eigenvalue weighted by Gasteiger charge is -2.32. The van der Waals surface area contributed by atoms with Crippen molar-refractivity contribution >= 4 is 18.7 Å². The third kappa shape index (κ3) is 3.50. The summed E-state index contributed by atoms with van der Waals surface area (Å²) in [6.07, 6.45) is 2.91. The monoisotopic (exact) mass is 306 g/mol. The van der Waals surface area contributed by atoms with Crippen LogP contribution in [0.5, 0.6) is 0 Å². The summed E-state index contributed by atoms with van der Waals surface area (Å²) < 4.78 is 18.7. The topological polar surface area (TPSA) is 48.6 Å². The van der Waals surface area contributed by atoms with Crippen molar-refractivity contribution in [3.05, 3.63) is 24.5 Å². The first-order valence-electron chi connectivity index (χ1n) is 7.51. The van der Waals surface area contributed by atoms with Crippen LogP contribution in [0.3, 0.4) is 0 Å². The Kier molecular flexibility index (Phi) is 4.13. The van der Waals surface area contributed by atoms with E-state index in [1.807, 2.05) is 60.6 Å². The van der Waals surface area contributed by atoms with E-state index in [4.69, 9.17) is 14.0 Å². The highest BCUT2D eigenvalue weighted by Crippen LogP contribution is 2.36. The molecule has 6 heteroatoms. The van der Waals surface area contributed by atoms with Crippen LogP contribution in [-0.2, 0) is 14.0 Å². The summed E-state index contributed by atoms with van der Waals surface area (Å²) in [5, 5.41) is 0. The molecule has 0 aromatic carbocycles. The maximum Gasteiger partial charge on any atom is 0.602 e. The quantitative estimate of drug-likeness (QED) is 0.588. The van der Waals surface area contributed by atoms with Crippen molar-refractivity contribution in [1.82, 2.24) is 0 Å². The number of hydrogen-bond acceptors (Lipinski definition) is 4. The van der Waals surface area contributed by atoms with E-state index < -0.39 is 18.8 Å². The third-order valence-electron chi connectivity index (χ3n) is 3.98. The Labute approximate surface area is 132 Å². The van der Waals surface area contributed by atoms with Crippen LogP contribution in [0.15, 0.2) is 24.5 Å². The number of aromatic nitrogens is 1. The fourth-order valence-corrected chi connectivity index (χ4v) is 2.01. The van der Waals surface area contributed by atoms with Crippen molar-refractivity contribution in [1.29, 1.82) is 0 Å². The van der Waals surface area contributed by atoms with Gasteiger partial charge in [0.25, 0.3) is 0 Å². The minimum atomic E-state index is -0.519. The first kappa shape index (κ1) is 17.0. The molecule has 0 unspecified atom stereocenters. The lowest BCUT2D eigenvalue weighted by Crippen LogP contribution is -2.47. The van der Waals surface area contributed by atoms with Crippen molar-refractivity contribution in [2.24, 2.45) is 0 Å². The molecule has 2 rings (SSSR count). The molecule has 0 amide bonds. The summed E-state index contributed by atoms with van der Waals surface area (Å²) in [6.45, 7) is 13.6. The van der Waals surface area contributed by atoms with E-state index in [9.17, 15) is 4.79 Å². The predicted octanol–water partition coefficient (Wildman–Crippen LogP) is 2.06. The molecule has 0 radical (unpaired) electrons. The summed E-state index contributed by atoms with van der Waals surface area (Å²) in [4.78, 5) is 12.0. The van der Waals surface area contributed by atoms with Crippen LogP contribution in [0.4, 0.5) is 4.79 Å². The van der Waals surface area contributed by atoms with Crippen LogP contribution in [0.1, 0.15) is 48.5 Å². The first-order chi connectivity index (χ1) is 9.91. The fraction of sp³-hybridized carbons (Fsp3) is 0.625. The average molecular weight is 306 g/mol. The highest BCUT2D eigenvalue weighted by Gasteiger charge is 2.51. The Morgan fingerprint density at radius 1 is 1.09 bits per heavy atom.